The van der Waals surface area contributed by atoms with Gasteiger partial charge < -0.3 is 0 Å². The van der Waals surface area contributed by atoms with E-state index in [1.54, 1.807) is 0 Å². The van der Waals surface area contributed by atoms with Crippen LogP contribution in [0.2, 0.25) is 6.04 Å². The molecule has 0 rings (SSSR count). The van der Waals surface area contributed by atoms with Crippen LogP contribution in [0.15, 0.2) is 0 Å². The number of rotatable bonds is 12. The van der Waals surface area contributed by atoms with Crippen LogP contribution < -0.4 is 0 Å². The van der Waals surface area contributed by atoms with Gasteiger partial charge in [0.05, 0.1) is 0 Å². The van der Waals surface area contributed by atoms with Crippen LogP contribution in [0.1, 0.15) is 77.6 Å². The zero-order valence-corrected chi connectivity index (χ0v) is 12.1. The van der Waals surface area contributed by atoms with E-state index in [-0.39, 0.29) is 0 Å². The molecule has 0 bridgehead atoms. The first-order chi connectivity index (χ1) is 8.06. The Morgan fingerprint density at radius 2 is 0.941 bits per heavy atom. The Morgan fingerprint density at radius 3 is 1.29 bits per heavy atom. The molecular formula is C13H27F3Si. The van der Waals surface area contributed by atoms with Gasteiger partial charge >= 0.3 is 9.08 Å². The second-order valence-corrected chi connectivity index (χ2v) is 6.63. The van der Waals surface area contributed by atoms with Crippen LogP contribution in [0, 0.1) is 0 Å². The molecule has 0 aromatic rings. The molecule has 104 valence electrons. The molecule has 4 heteroatoms. The minimum absolute atomic E-state index is 0.367. The average Bonchev–Trinajstić information content (AvgIpc) is 2.24. The van der Waals surface area contributed by atoms with Gasteiger partial charge in [-0.05, 0) is 6.42 Å². The minimum Gasteiger partial charge on any atom is -0.238 e. The molecular weight excluding hydrogens is 241 g/mol. The van der Waals surface area contributed by atoms with Crippen LogP contribution in [0.25, 0.3) is 0 Å². The summed E-state index contributed by atoms with van der Waals surface area (Å²) in [6.07, 6.45) is 12.3. The first kappa shape index (κ1) is 17.0. The third-order valence-electron chi connectivity index (χ3n) is 3.06. The van der Waals surface area contributed by atoms with E-state index in [2.05, 4.69) is 6.92 Å². The van der Waals surface area contributed by atoms with Crippen molar-refractivity contribution in [2.45, 2.75) is 83.6 Å². The predicted molar refractivity (Wildman–Crippen MR) is 70.3 cm³/mol. The first-order valence-electron chi connectivity index (χ1n) is 7.13. The minimum atomic E-state index is -5.25. The van der Waals surface area contributed by atoms with E-state index in [0.29, 0.717) is 6.42 Å². The van der Waals surface area contributed by atoms with Crippen molar-refractivity contribution in [3.05, 3.63) is 0 Å². The number of halogens is 3. The van der Waals surface area contributed by atoms with E-state index in [1.807, 2.05) is 0 Å². The molecule has 0 heterocycles. The lowest BCUT2D eigenvalue weighted by molar-refractivity contribution is 0.458. The SMILES string of the molecule is CCCCCCCCCCCCC[Si](F)(F)F. The highest BCUT2D eigenvalue weighted by molar-refractivity contribution is 6.58. The number of hydrogen-bond donors (Lipinski definition) is 0. The molecule has 0 saturated carbocycles. The lowest BCUT2D eigenvalue weighted by Gasteiger charge is -2.03. The Hall–Kier alpha value is 0.00688. The molecule has 0 aliphatic rings. The van der Waals surface area contributed by atoms with Crippen molar-refractivity contribution in [2.24, 2.45) is 0 Å². The van der Waals surface area contributed by atoms with Gasteiger partial charge in [0.15, 0.2) is 0 Å². The molecule has 0 fully saturated rings. The first-order valence-corrected chi connectivity index (χ1v) is 8.97. The van der Waals surface area contributed by atoms with Crippen molar-refractivity contribution < 1.29 is 12.3 Å². The van der Waals surface area contributed by atoms with Crippen LogP contribution in [0.3, 0.4) is 0 Å². The van der Waals surface area contributed by atoms with Gasteiger partial charge in [0, 0.05) is 6.04 Å². The molecule has 0 nitrogen and oxygen atoms in total. The van der Waals surface area contributed by atoms with Crippen LogP contribution in [0.4, 0.5) is 12.3 Å². The van der Waals surface area contributed by atoms with E-state index in [1.165, 1.54) is 44.9 Å². The Morgan fingerprint density at radius 1 is 0.588 bits per heavy atom. The summed E-state index contributed by atoms with van der Waals surface area (Å²) in [7, 11) is -5.25. The van der Waals surface area contributed by atoms with Crippen molar-refractivity contribution in [1.82, 2.24) is 0 Å². The smallest absolute Gasteiger partial charge is 0.238 e. The summed E-state index contributed by atoms with van der Waals surface area (Å²) in [6, 6.07) is -0.468. The van der Waals surface area contributed by atoms with Gasteiger partial charge in [0.1, 0.15) is 0 Å². The third kappa shape index (κ3) is 16.0. The van der Waals surface area contributed by atoms with E-state index >= 15 is 0 Å². The fraction of sp³-hybridized carbons (Fsp3) is 1.00. The topological polar surface area (TPSA) is 0 Å². The highest BCUT2D eigenvalue weighted by Gasteiger charge is 2.35. The molecule has 0 aromatic carbocycles. The fourth-order valence-corrected chi connectivity index (χ4v) is 2.64. The van der Waals surface area contributed by atoms with Gasteiger partial charge in [-0.25, -0.2) is 12.3 Å². The standard InChI is InChI=1S/C13H27F3Si/c1-2-3-4-5-6-7-8-9-10-11-12-13-17(14,15)16/h2-13H2,1H3. The van der Waals surface area contributed by atoms with Crippen LogP contribution in [-0.4, -0.2) is 9.08 Å². The van der Waals surface area contributed by atoms with Crippen molar-refractivity contribution in [3.8, 4) is 0 Å². The Kier molecular flexibility index (Phi) is 11.1. The molecule has 0 amide bonds. The summed E-state index contributed by atoms with van der Waals surface area (Å²) in [5, 5.41) is 0. The van der Waals surface area contributed by atoms with Crippen LogP contribution in [-0.2, 0) is 0 Å². The maximum atomic E-state index is 12.0. The van der Waals surface area contributed by atoms with Crippen molar-refractivity contribution >= 4 is 9.08 Å². The normalized spacial score (nSPS) is 12.0. The molecule has 17 heavy (non-hydrogen) atoms. The fourth-order valence-electron chi connectivity index (χ4n) is 1.99. The van der Waals surface area contributed by atoms with Crippen LogP contribution >= 0.6 is 0 Å². The summed E-state index contributed by atoms with van der Waals surface area (Å²) >= 11 is 0. The quantitative estimate of drug-likeness (QED) is 0.226. The highest BCUT2D eigenvalue weighted by atomic mass is 28.5. The van der Waals surface area contributed by atoms with Gasteiger partial charge in [-0.3, -0.25) is 0 Å². The predicted octanol–water partition coefficient (Wildman–Crippen LogP) is 6.14. The average molecular weight is 268 g/mol. The zero-order valence-electron chi connectivity index (χ0n) is 11.1. The van der Waals surface area contributed by atoms with Gasteiger partial charge in [0.25, 0.3) is 0 Å². The second-order valence-electron chi connectivity index (χ2n) is 4.90. The Labute approximate surface area is 106 Å². The van der Waals surface area contributed by atoms with Gasteiger partial charge in [-0.2, -0.15) is 0 Å². The van der Waals surface area contributed by atoms with E-state index in [4.69, 9.17) is 0 Å². The van der Waals surface area contributed by atoms with Crippen molar-refractivity contribution in [3.63, 3.8) is 0 Å². The van der Waals surface area contributed by atoms with Gasteiger partial charge in [-0.15, -0.1) is 0 Å². The van der Waals surface area contributed by atoms with Crippen LogP contribution in [0.5, 0.6) is 0 Å². The summed E-state index contributed by atoms with van der Waals surface area (Å²) in [5.41, 5.74) is 0. The Balaban J connectivity index is 2.99. The van der Waals surface area contributed by atoms with Gasteiger partial charge in [-0.1, -0.05) is 71.1 Å². The summed E-state index contributed by atoms with van der Waals surface area (Å²) < 4.78 is 35.9. The summed E-state index contributed by atoms with van der Waals surface area (Å²) in [6.45, 7) is 2.21. The monoisotopic (exact) mass is 268 g/mol. The molecule has 0 aromatic heterocycles. The highest BCUT2D eigenvalue weighted by Crippen LogP contribution is 2.19. The van der Waals surface area contributed by atoms with Crippen molar-refractivity contribution in [1.29, 1.82) is 0 Å². The molecule has 0 aliphatic heterocycles. The number of unbranched alkanes of at least 4 members (excludes halogenated alkanes) is 10. The molecule has 0 saturated heterocycles. The molecule has 0 atom stereocenters. The third-order valence-corrected chi connectivity index (χ3v) is 3.98. The van der Waals surface area contributed by atoms with E-state index in [0.717, 1.165) is 19.3 Å². The Bertz CT molecular complexity index is 157. The summed E-state index contributed by atoms with van der Waals surface area (Å²) in [4.78, 5) is 0. The second kappa shape index (κ2) is 11.1. The molecule has 0 radical (unpaired) electrons. The molecule has 0 aliphatic carbocycles. The van der Waals surface area contributed by atoms with E-state index in [9.17, 15) is 12.3 Å². The molecule has 0 N–H and O–H groups in total. The number of hydrogen-bond acceptors (Lipinski definition) is 0. The largest absolute Gasteiger partial charge is 0.616 e. The molecule has 0 spiro atoms. The lowest BCUT2D eigenvalue weighted by atomic mass is 10.1. The maximum Gasteiger partial charge on any atom is 0.616 e. The van der Waals surface area contributed by atoms with Crippen molar-refractivity contribution in [2.75, 3.05) is 0 Å². The zero-order chi connectivity index (χ0) is 13.0. The maximum absolute atomic E-state index is 12.0. The summed E-state index contributed by atoms with van der Waals surface area (Å²) in [5.74, 6) is 0. The van der Waals surface area contributed by atoms with Gasteiger partial charge in [0.2, 0.25) is 0 Å². The molecule has 0 unspecified atom stereocenters. The van der Waals surface area contributed by atoms with E-state index < -0.39 is 15.1 Å². The lowest BCUT2D eigenvalue weighted by Crippen LogP contribution is -2.13.